The molecule has 15 heavy (non-hydrogen) atoms. The van der Waals surface area contributed by atoms with Crippen molar-refractivity contribution in [1.82, 2.24) is 0 Å². The summed E-state index contributed by atoms with van der Waals surface area (Å²) in [4.78, 5) is 21.3. The molecule has 1 rings (SSSR count). The van der Waals surface area contributed by atoms with Crippen molar-refractivity contribution < 1.29 is 14.7 Å². The van der Waals surface area contributed by atoms with E-state index in [1.54, 1.807) is 12.1 Å². The van der Waals surface area contributed by atoms with Crippen LogP contribution in [0.3, 0.4) is 0 Å². The fourth-order valence-corrected chi connectivity index (χ4v) is 1.33. The van der Waals surface area contributed by atoms with Gasteiger partial charge in [0.1, 0.15) is 0 Å². The van der Waals surface area contributed by atoms with E-state index < -0.39 is 5.97 Å². The summed E-state index contributed by atoms with van der Waals surface area (Å²) in [5, 5.41) is 12.7. The van der Waals surface area contributed by atoms with Crippen LogP contribution in [-0.4, -0.2) is 11.9 Å². The number of carbonyl (C=O) groups excluding carboxylic acids is 2. The summed E-state index contributed by atoms with van der Waals surface area (Å²) >= 11 is 2.16. The smallest absolute Gasteiger partial charge is 0.224 e. The van der Waals surface area contributed by atoms with Crippen LogP contribution in [0, 0.1) is 3.57 Å². The first-order chi connectivity index (χ1) is 7.08. The van der Waals surface area contributed by atoms with Gasteiger partial charge in [0, 0.05) is 21.6 Å². The van der Waals surface area contributed by atoms with Crippen LogP contribution in [0.2, 0.25) is 0 Å². The van der Waals surface area contributed by atoms with Crippen LogP contribution in [0.25, 0.3) is 0 Å². The van der Waals surface area contributed by atoms with Crippen molar-refractivity contribution >= 4 is 40.2 Å². The number of hydrogen-bond donors (Lipinski definition) is 1. The van der Waals surface area contributed by atoms with Gasteiger partial charge in [-0.15, -0.1) is 0 Å². The summed E-state index contributed by atoms with van der Waals surface area (Å²) < 4.78 is 1.07. The molecule has 1 N–H and O–H groups in total. The number of carbonyl (C=O) groups is 2. The molecule has 0 atom stereocenters. The van der Waals surface area contributed by atoms with Gasteiger partial charge in [0.15, 0.2) is 0 Å². The molecule has 0 fully saturated rings. The Morgan fingerprint density at radius 2 is 1.80 bits per heavy atom. The van der Waals surface area contributed by atoms with E-state index in [1.165, 1.54) is 0 Å². The molecule has 0 radical (unpaired) electrons. The molecule has 80 valence electrons. The van der Waals surface area contributed by atoms with Crippen molar-refractivity contribution in [3.05, 3.63) is 27.8 Å². The Morgan fingerprint density at radius 3 is 2.33 bits per heavy atom. The highest BCUT2D eigenvalue weighted by Crippen LogP contribution is 2.11. The highest BCUT2D eigenvalue weighted by Gasteiger charge is 2.01. The molecule has 1 amide bonds. The minimum absolute atomic E-state index is 0.0612. The van der Waals surface area contributed by atoms with E-state index in [0.29, 0.717) is 5.69 Å². The Bertz CT molecular complexity index is 361. The number of anilines is 1. The molecule has 1 aromatic carbocycles. The lowest BCUT2D eigenvalue weighted by Crippen LogP contribution is -2.24. The van der Waals surface area contributed by atoms with Gasteiger partial charge in [-0.25, -0.2) is 0 Å². The summed E-state index contributed by atoms with van der Waals surface area (Å²) in [7, 11) is 0. The van der Waals surface area contributed by atoms with Gasteiger partial charge in [0.2, 0.25) is 5.91 Å². The number of amides is 1. The van der Waals surface area contributed by atoms with Gasteiger partial charge in [-0.3, -0.25) is 4.79 Å². The first kappa shape index (κ1) is 12.0. The van der Waals surface area contributed by atoms with E-state index >= 15 is 0 Å². The lowest BCUT2D eigenvalue weighted by Gasteiger charge is -2.05. The van der Waals surface area contributed by atoms with Crippen molar-refractivity contribution in [2.75, 3.05) is 5.32 Å². The average molecular weight is 318 g/mol. The normalized spacial score (nSPS) is 9.67. The van der Waals surface area contributed by atoms with Crippen molar-refractivity contribution in [3.8, 4) is 0 Å². The summed E-state index contributed by atoms with van der Waals surface area (Å²) in [6.07, 6.45) is -0.315. The molecule has 0 saturated carbocycles. The molecule has 5 heteroatoms. The second-order valence-electron chi connectivity index (χ2n) is 2.93. The summed E-state index contributed by atoms with van der Waals surface area (Å²) in [6.45, 7) is 0. The van der Waals surface area contributed by atoms with Gasteiger partial charge in [0.25, 0.3) is 0 Å². The number of nitrogens with one attached hydrogen (secondary N) is 1. The molecule has 0 aliphatic carbocycles. The van der Waals surface area contributed by atoms with E-state index in [2.05, 4.69) is 27.9 Å². The Labute approximate surface area is 101 Å². The van der Waals surface area contributed by atoms with Crippen LogP contribution in [0.15, 0.2) is 24.3 Å². The molecule has 0 saturated heterocycles. The van der Waals surface area contributed by atoms with Crippen LogP contribution in [0.1, 0.15) is 12.8 Å². The largest absolute Gasteiger partial charge is 0.550 e. The molecule has 1 aromatic rings. The van der Waals surface area contributed by atoms with Crippen molar-refractivity contribution in [1.29, 1.82) is 0 Å². The van der Waals surface area contributed by atoms with E-state index in [1.807, 2.05) is 12.1 Å². The number of hydrogen-bond acceptors (Lipinski definition) is 3. The van der Waals surface area contributed by atoms with Crippen LogP contribution < -0.4 is 10.4 Å². The molecule has 0 unspecified atom stereocenters. The van der Waals surface area contributed by atoms with Gasteiger partial charge in [0.05, 0.1) is 0 Å². The highest BCUT2D eigenvalue weighted by atomic mass is 127. The minimum Gasteiger partial charge on any atom is -0.550 e. The first-order valence-electron chi connectivity index (χ1n) is 4.33. The molecule has 4 nitrogen and oxygen atoms in total. The topological polar surface area (TPSA) is 69.2 Å². The second-order valence-corrected chi connectivity index (χ2v) is 4.17. The average Bonchev–Trinajstić information content (AvgIpc) is 2.19. The maximum atomic E-state index is 11.2. The fourth-order valence-electron chi connectivity index (χ4n) is 0.972. The maximum absolute atomic E-state index is 11.2. The summed E-state index contributed by atoms with van der Waals surface area (Å²) in [5.41, 5.74) is 0.666. The summed E-state index contributed by atoms with van der Waals surface area (Å²) in [6, 6.07) is 7.24. The standard InChI is InChI=1S/C10H10INO3/c11-7-1-3-8(4-2-7)12-9(13)5-6-10(14)15/h1-4H,5-6H2,(H,12,13)(H,14,15)/p-1. The van der Waals surface area contributed by atoms with E-state index in [-0.39, 0.29) is 18.7 Å². The molecule has 0 heterocycles. The van der Waals surface area contributed by atoms with Gasteiger partial charge >= 0.3 is 0 Å². The molecule has 0 spiro atoms. The Hall–Kier alpha value is -1.11. The number of carboxylic acid groups (broad SMARTS) is 1. The third-order valence-corrected chi connectivity index (χ3v) is 2.40. The minimum atomic E-state index is -1.22. The predicted octanol–water partition coefficient (Wildman–Crippen LogP) is 0.760. The highest BCUT2D eigenvalue weighted by molar-refractivity contribution is 14.1. The van der Waals surface area contributed by atoms with Gasteiger partial charge in [-0.2, -0.15) is 0 Å². The number of benzene rings is 1. The monoisotopic (exact) mass is 318 g/mol. The molecule has 0 aliphatic rings. The first-order valence-corrected chi connectivity index (χ1v) is 5.41. The van der Waals surface area contributed by atoms with Crippen molar-refractivity contribution in [3.63, 3.8) is 0 Å². The van der Waals surface area contributed by atoms with Gasteiger partial charge in [-0.1, -0.05) is 0 Å². The molecular formula is C10H9INO3-. The van der Waals surface area contributed by atoms with E-state index in [0.717, 1.165) is 3.57 Å². The fraction of sp³-hybridized carbons (Fsp3) is 0.200. The predicted molar refractivity (Wildman–Crippen MR) is 62.0 cm³/mol. The number of carboxylic acids is 1. The molecule has 0 aliphatic heterocycles. The van der Waals surface area contributed by atoms with Crippen LogP contribution in [0.4, 0.5) is 5.69 Å². The van der Waals surface area contributed by atoms with Crippen molar-refractivity contribution in [2.45, 2.75) is 12.8 Å². The van der Waals surface area contributed by atoms with Crippen LogP contribution in [-0.2, 0) is 9.59 Å². The lowest BCUT2D eigenvalue weighted by atomic mass is 10.2. The quantitative estimate of drug-likeness (QED) is 0.834. The van der Waals surface area contributed by atoms with Crippen LogP contribution >= 0.6 is 22.6 Å². The third-order valence-electron chi connectivity index (χ3n) is 1.68. The van der Waals surface area contributed by atoms with E-state index in [9.17, 15) is 14.7 Å². The molecule has 0 aromatic heterocycles. The SMILES string of the molecule is O=C([O-])CCC(=O)Nc1ccc(I)cc1. The Kier molecular flexibility index (Phi) is 4.54. The number of halogens is 1. The number of rotatable bonds is 4. The maximum Gasteiger partial charge on any atom is 0.224 e. The zero-order chi connectivity index (χ0) is 11.3. The lowest BCUT2D eigenvalue weighted by molar-refractivity contribution is -0.305. The zero-order valence-electron chi connectivity index (χ0n) is 7.83. The van der Waals surface area contributed by atoms with E-state index in [4.69, 9.17) is 0 Å². The van der Waals surface area contributed by atoms with Crippen molar-refractivity contribution in [2.24, 2.45) is 0 Å². The molecule has 0 bridgehead atoms. The van der Waals surface area contributed by atoms with Crippen LogP contribution in [0.5, 0.6) is 0 Å². The summed E-state index contributed by atoms with van der Waals surface area (Å²) in [5.74, 6) is -1.53. The Balaban J connectivity index is 2.44. The zero-order valence-corrected chi connectivity index (χ0v) is 9.98. The Morgan fingerprint density at radius 1 is 1.20 bits per heavy atom. The number of aliphatic carboxylic acids is 1. The third kappa shape index (κ3) is 4.78. The second kappa shape index (κ2) is 5.69. The van der Waals surface area contributed by atoms with Gasteiger partial charge < -0.3 is 15.2 Å². The van der Waals surface area contributed by atoms with Gasteiger partial charge in [-0.05, 0) is 53.3 Å². The molecular weight excluding hydrogens is 309 g/mol.